The Morgan fingerprint density at radius 3 is 2.81 bits per heavy atom. The fraction of sp³-hybridized carbons (Fsp3) is 0.250. The molecule has 1 aliphatic rings. The molecule has 0 saturated carbocycles. The molecule has 4 N–H and O–H groups in total. The number of aliphatic imine (C=N–C) groups is 1. The Labute approximate surface area is 95.3 Å². The normalized spacial score (nSPS) is 15.8. The summed E-state index contributed by atoms with van der Waals surface area (Å²) in [7, 11) is 3.75. The molecule has 1 aliphatic heterocycles. The number of anilines is 2. The highest BCUT2D eigenvalue weighted by Crippen LogP contribution is 2.35. The van der Waals surface area contributed by atoms with Crippen LogP contribution in [0.15, 0.2) is 28.8 Å². The van der Waals surface area contributed by atoms with Crippen molar-refractivity contribution in [1.82, 2.24) is 0 Å². The van der Waals surface area contributed by atoms with Crippen molar-refractivity contribution in [2.75, 3.05) is 31.3 Å². The number of benzene rings is 1. The first-order valence-electron chi connectivity index (χ1n) is 5.16. The summed E-state index contributed by atoms with van der Waals surface area (Å²) in [4.78, 5) is 6.11. The second-order valence-corrected chi connectivity index (χ2v) is 3.93. The average Bonchev–Trinajstić information content (AvgIpc) is 2.25. The zero-order valence-electron chi connectivity index (χ0n) is 9.57. The van der Waals surface area contributed by atoms with Gasteiger partial charge in [-0.1, -0.05) is 12.1 Å². The third kappa shape index (κ3) is 1.52. The summed E-state index contributed by atoms with van der Waals surface area (Å²) in [5.41, 5.74) is 16.6. The predicted octanol–water partition coefficient (Wildman–Crippen LogP) is 1.09. The molecule has 0 aliphatic carbocycles. The number of rotatable bonds is 1. The quantitative estimate of drug-likeness (QED) is 0.545. The van der Waals surface area contributed by atoms with Crippen molar-refractivity contribution in [2.45, 2.75) is 0 Å². The van der Waals surface area contributed by atoms with E-state index in [-0.39, 0.29) is 0 Å². The van der Waals surface area contributed by atoms with Gasteiger partial charge in [-0.05, 0) is 6.07 Å². The molecule has 1 aromatic rings. The van der Waals surface area contributed by atoms with Crippen LogP contribution in [0.1, 0.15) is 5.56 Å². The summed E-state index contributed by atoms with van der Waals surface area (Å²) in [5, 5.41) is 0. The number of hydrogen-bond donors (Lipinski definition) is 2. The second-order valence-electron chi connectivity index (χ2n) is 3.93. The maximum absolute atomic E-state index is 6.11. The van der Waals surface area contributed by atoms with Crippen LogP contribution in [-0.4, -0.2) is 26.9 Å². The lowest BCUT2D eigenvalue weighted by Crippen LogP contribution is -2.29. The first kappa shape index (κ1) is 10.5. The lowest BCUT2D eigenvalue weighted by Gasteiger charge is -2.30. The van der Waals surface area contributed by atoms with Crippen molar-refractivity contribution < 1.29 is 0 Å². The van der Waals surface area contributed by atoms with Crippen LogP contribution in [0.25, 0.3) is 5.70 Å². The van der Waals surface area contributed by atoms with E-state index in [1.165, 1.54) is 0 Å². The van der Waals surface area contributed by atoms with Crippen LogP contribution in [0, 0.1) is 0 Å². The topological polar surface area (TPSA) is 67.6 Å². The molecule has 84 valence electrons. The lowest BCUT2D eigenvalue weighted by molar-refractivity contribution is 0.992. The van der Waals surface area contributed by atoms with Crippen molar-refractivity contribution >= 4 is 23.3 Å². The van der Waals surface area contributed by atoms with Crippen LogP contribution in [0.4, 0.5) is 11.4 Å². The number of nitrogens with zero attached hydrogens (tertiary/aromatic N) is 2. The van der Waals surface area contributed by atoms with Crippen molar-refractivity contribution in [1.29, 1.82) is 0 Å². The van der Waals surface area contributed by atoms with Crippen LogP contribution >= 0.6 is 0 Å². The third-order valence-electron chi connectivity index (χ3n) is 2.78. The maximum atomic E-state index is 6.11. The fourth-order valence-corrected chi connectivity index (χ4v) is 2.06. The number of likely N-dealkylation sites (N-methyl/N-ethyl adjacent to an activating group) is 1. The molecule has 0 saturated heterocycles. The van der Waals surface area contributed by atoms with Gasteiger partial charge < -0.3 is 16.4 Å². The molecule has 2 rings (SSSR count). The molecule has 4 nitrogen and oxygen atoms in total. The average molecular weight is 216 g/mol. The van der Waals surface area contributed by atoms with Gasteiger partial charge >= 0.3 is 0 Å². The smallest absolute Gasteiger partial charge is 0.0694 e. The molecular formula is C12H16N4. The van der Waals surface area contributed by atoms with Gasteiger partial charge in [0.15, 0.2) is 0 Å². The van der Waals surface area contributed by atoms with E-state index in [0.717, 1.165) is 34.8 Å². The summed E-state index contributed by atoms with van der Waals surface area (Å²) in [6, 6.07) is 5.79. The highest BCUT2D eigenvalue weighted by atomic mass is 15.1. The fourth-order valence-electron chi connectivity index (χ4n) is 2.06. The van der Waals surface area contributed by atoms with Crippen LogP contribution in [0.3, 0.4) is 0 Å². The number of nitrogen functional groups attached to an aromatic ring is 1. The van der Waals surface area contributed by atoms with Gasteiger partial charge in [0.2, 0.25) is 0 Å². The van der Waals surface area contributed by atoms with Crippen molar-refractivity contribution in [3.63, 3.8) is 0 Å². The second kappa shape index (κ2) is 3.89. The highest BCUT2D eigenvalue weighted by molar-refractivity contribution is 5.98. The number of fused-ring (bicyclic) bond motifs is 1. The van der Waals surface area contributed by atoms with E-state index in [1.54, 1.807) is 13.3 Å². The molecule has 0 radical (unpaired) electrons. The first-order valence-corrected chi connectivity index (χ1v) is 5.16. The molecule has 0 bridgehead atoms. The summed E-state index contributed by atoms with van der Waals surface area (Å²) >= 11 is 0. The monoisotopic (exact) mass is 216 g/mol. The number of para-hydroxylation sites is 1. The number of hydrogen-bond acceptors (Lipinski definition) is 4. The molecule has 0 unspecified atom stereocenters. The first-order chi connectivity index (χ1) is 7.65. The summed E-state index contributed by atoms with van der Waals surface area (Å²) in [6.07, 6.45) is 1.80. The molecule has 1 heterocycles. The van der Waals surface area contributed by atoms with Crippen LogP contribution in [0.2, 0.25) is 0 Å². The van der Waals surface area contributed by atoms with E-state index >= 15 is 0 Å². The molecular weight excluding hydrogens is 200 g/mol. The minimum Gasteiger partial charge on any atom is -0.398 e. The van der Waals surface area contributed by atoms with Crippen LogP contribution in [0.5, 0.6) is 0 Å². The summed E-state index contributed by atoms with van der Waals surface area (Å²) < 4.78 is 0. The van der Waals surface area contributed by atoms with E-state index in [9.17, 15) is 0 Å². The van der Waals surface area contributed by atoms with Crippen LogP contribution in [-0.2, 0) is 0 Å². The van der Waals surface area contributed by atoms with Crippen molar-refractivity contribution in [3.8, 4) is 0 Å². The Hall–Kier alpha value is -1.97. The van der Waals surface area contributed by atoms with Gasteiger partial charge in [0.1, 0.15) is 0 Å². The maximum Gasteiger partial charge on any atom is 0.0694 e. The highest BCUT2D eigenvalue weighted by Gasteiger charge is 2.21. The van der Waals surface area contributed by atoms with Gasteiger partial charge in [-0.2, -0.15) is 0 Å². The Balaban J connectivity index is 2.63. The molecule has 4 heteroatoms. The molecule has 0 spiro atoms. The van der Waals surface area contributed by atoms with Gasteiger partial charge in [0.25, 0.3) is 0 Å². The zero-order chi connectivity index (χ0) is 11.7. The predicted molar refractivity (Wildman–Crippen MR) is 69.6 cm³/mol. The van der Waals surface area contributed by atoms with Crippen LogP contribution < -0.4 is 16.4 Å². The Bertz CT molecular complexity index is 474. The Kier molecular flexibility index (Phi) is 2.56. The van der Waals surface area contributed by atoms with Gasteiger partial charge in [0, 0.05) is 43.7 Å². The van der Waals surface area contributed by atoms with Crippen molar-refractivity contribution in [2.24, 2.45) is 10.7 Å². The number of nitrogens with two attached hydrogens (primary N) is 2. The largest absolute Gasteiger partial charge is 0.398 e. The Morgan fingerprint density at radius 1 is 1.38 bits per heavy atom. The van der Waals surface area contributed by atoms with E-state index < -0.39 is 0 Å². The standard InChI is InChI=1S/C12H16N4/c1-15-6-8-7-16(2)12-9(11(8)14)4-3-5-10(12)13/h3-6H,7,13-14H2,1-2H3. The summed E-state index contributed by atoms with van der Waals surface area (Å²) in [6.45, 7) is 0.740. The van der Waals surface area contributed by atoms with Crippen molar-refractivity contribution in [3.05, 3.63) is 29.3 Å². The lowest BCUT2D eigenvalue weighted by atomic mass is 9.99. The molecule has 0 aromatic heterocycles. The molecule has 0 atom stereocenters. The van der Waals surface area contributed by atoms with Gasteiger partial charge in [0.05, 0.1) is 11.4 Å². The van der Waals surface area contributed by atoms with E-state index in [4.69, 9.17) is 11.5 Å². The molecule has 0 fully saturated rings. The molecule has 1 aromatic carbocycles. The minimum absolute atomic E-state index is 0.740. The van der Waals surface area contributed by atoms with E-state index in [0.29, 0.717) is 0 Å². The van der Waals surface area contributed by atoms with Gasteiger partial charge in [-0.15, -0.1) is 0 Å². The van der Waals surface area contributed by atoms with Gasteiger partial charge in [-0.25, -0.2) is 0 Å². The summed E-state index contributed by atoms with van der Waals surface area (Å²) in [5.74, 6) is 0. The van der Waals surface area contributed by atoms with E-state index in [2.05, 4.69) is 9.89 Å². The van der Waals surface area contributed by atoms with Gasteiger partial charge in [-0.3, -0.25) is 4.99 Å². The minimum atomic E-state index is 0.740. The SMILES string of the molecule is CN=CC1=C(N)c2cccc(N)c2N(C)C1. The van der Waals surface area contributed by atoms with E-state index in [1.807, 2.05) is 25.2 Å². The zero-order valence-corrected chi connectivity index (χ0v) is 9.57. The third-order valence-corrected chi connectivity index (χ3v) is 2.78. The Morgan fingerprint density at radius 2 is 2.12 bits per heavy atom. The molecule has 16 heavy (non-hydrogen) atoms. The molecule has 0 amide bonds.